The molecule has 0 bridgehead atoms. The van der Waals surface area contributed by atoms with Crippen molar-refractivity contribution in [3.05, 3.63) is 34.9 Å². The van der Waals surface area contributed by atoms with Crippen LogP contribution < -0.4 is 15.8 Å². The quantitative estimate of drug-likeness (QED) is 0.842. The van der Waals surface area contributed by atoms with Crippen molar-refractivity contribution in [2.24, 2.45) is 0 Å². The maximum absolute atomic E-state index is 12.0. The highest BCUT2D eigenvalue weighted by Gasteiger charge is 2.05. The van der Waals surface area contributed by atoms with E-state index in [-0.39, 0.29) is 5.75 Å². The number of hydrogen-bond acceptors (Lipinski definition) is 5. The van der Waals surface area contributed by atoms with Crippen LogP contribution in [0, 0.1) is 0 Å². The largest absolute Gasteiger partial charge is 0.435 e. The molecule has 0 fully saturated rings. The van der Waals surface area contributed by atoms with E-state index in [4.69, 9.17) is 5.73 Å². The van der Waals surface area contributed by atoms with Gasteiger partial charge in [0.25, 0.3) is 0 Å². The molecule has 1 heterocycles. The zero-order chi connectivity index (χ0) is 13.8. The second kappa shape index (κ2) is 5.79. The summed E-state index contributed by atoms with van der Waals surface area (Å²) in [6.45, 7) is -2.84. The molecule has 8 heteroatoms. The Hall–Kier alpha value is -1.96. The van der Waals surface area contributed by atoms with Crippen molar-refractivity contribution in [3.63, 3.8) is 0 Å². The van der Waals surface area contributed by atoms with E-state index in [1.54, 1.807) is 18.2 Å². The third kappa shape index (κ3) is 4.02. The van der Waals surface area contributed by atoms with Crippen LogP contribution in [0.3, 0.4) is 0 Å². The van der Waals surface area contributed by atoms with Gasteiger partial charge in [-0.2, -0.15) is 13.8 Å². The molecular weight excluding hydrogens is 322 g/mol. The van der Waals surface area contributed by atoms with E-state index in [0.29, 0.717) is 22.1 Å². The third-order valence-electron chi connectivity index (χ3n) is 2.05. The van der Waals surface area contributed by atoms with Crippen LogP contribution in [0.1, 0.15) is 0 Å². The van der Waals surface area contributed by atoms with E-state index in [9.17, 15) is 8.78 Å². The lowest BCUT2D eigenvalue weighted by Gasteiger charge is -2.07. The summed E-state index contributed by atoms with van der Waals surface area (Å²) in [5.74, 6) is 0.687. The predicted octanol–water partition coefficient (Wildman–Crippen LogP) is 3.17. The summed E-state index contributed by atoms with van der Waals surface area (Å²) in [5.41, 5.74) is 6.19. The zero-order valence-corrected chi connectivity index (χ0v) is 11.1. The standard InChI is InChI=1S/C11H9BrF2N4O/c12-8-5-9(15)18-11(17-8)16-6-1-3-7(4-2-6)19-10(13)14/h1-5,10H,(H3,15,16,17,18). The minimum Gasteiger partial charge on any atom is -0.435 e. The average Bonchev–Trinajstić information content (AvgIpc) is 2.29. The molecule has 0 spiro atoms. The molecule has 100 valence electrons. The van der Waals surface area contributed by atoms with Crippen molar-refractivity contribution in [1.82, 2.24) is 9.97 Å². The van der Waals surface area contributed by atoms with Gasteiger partial charge in [-0.25, -0.2) is 4.98 Å². The average molecular weight is 331 g/mol. The van der Waals surface area contributed by atoms with Gasteiger partial charge in [-0.05, 0) is 40.2 Å². The highest BCUT2D eigenvalue weighted by Crippen LogP contribution is 2.21. The monoisotopic (exact) mass is 330 g/mol. The molecular formula is C11H9BrF2N4O. The van der Waals surface area contributed by atoms with Crippen LogP contribution in [0.2, 0.25) is 0 Å². The number of hydrogen-bond donors (Lipinski definition) is 2. The summed E-state index contributed by atoms with van der Waals surface area (Å²) in [4.78, 5) is 8.04. The van der Waals surface area contributed by atoms with Crippen molar-refractivity contribution < 1.29 is 13.5 Å². The van der Waals surface area contributed by atoms with Crippen molar-refractivity contribution >= 4 is 33.4 Å². The Morgan fingerprint density at radius 2 is 1.89 bits per heavy atom. The van der Waals surface area contributed by atoms with Gasteiger partial charge in [-0.3, -0.25) is 0 Å². The smallest absolute Gasteiger partial charge is 0.387 e. The van der Waals surface area contributed by atoms with Crippen molar-refractivity contribution in [3.8, 4) is 5.75 Å². The van der Waals surface area contributed by atoms with Crippen molar-refractivity contribution in [2.45, 2.75) is 6.61 Å². The minimum atomic E-state index is -2.84. The van der Waals surface area contributed by atoms with Gasteiger partial charge in [0.1, 0.15) is 16.2 Å². The second-order valence-electron chi connectivity index (χ2n) is 3.47. The van der Waals surface area contributed by atoms with Gasteiger partial charge in [0, 0.05) is 11.8 Å². The number of nitrogen functional groups attached to an aromatic ring is 1. The van der Waals surface area contributed by atoms with E-state index < -0.39 is 6.61 Å². The topological polar surface area (TPSA) is 73.1 Å². The number of alkyl halides is 2. The third-order valence-corrected chi connectivity index (χ3v) is 2.46. The lowest BCUT2D eigenvalue weighted by Crippen LogP contribution is -2.02. The van der Waals surface area contributed by atoms with Crippen LogP contribution in [-0.2, 0) is 0 Å². The SMILES string of the molecule is Nc1cc(Br)nc(Nc2ccc(OC(F)F)cc2)n1. The number of anilines is 3. The first-order valence-corrected chi connectivity index (χ1v) is 5.94. The zero-order valence-electron chi connectivity index (χ0n) is 9.48. The molecule has 0 atom stereocenters. The van der Waals surface area contributed by atoms with Crippen LogP contribution in [-0.4, -0.2) is 16.6 Å². The first-order chi connectivity index (χ1) is 9.02. The fourth-order valence-corrected chi connectivity index (χ4v) is 1.74. The van der Waals surface area contributed by atoms with Gasteiger partial charge in [-0.15, -0.1) is 0 Å². The minimum absolute atomic E-state index is 0.0789. The van der Waals surface area contributed by atoms with E-state index in [1.165, 1.54) is 12.1 Å². The van der Waals surface area contributed by atoms with Crippen molar-refractivity contribution in [2.75, 3.05) is 11.1 Å². The molecule has 0 unspecified atom stereocenters. The summed E-state index contributed by atoms with van der Waals surface area (Å²) in [7, 11) is 0. The molecule has 1 aromatic heterocycles. The summed E-state index contributed by atoms with van der Waals surface area (Å²) in [6, 6.07) is 7.52. The molecule has 0 aliphatic heterocycles. The molecule has 2 aromatic rings. The first-order valence-electron chi connectivity index (χ1n) is 5.15. The van der Waals surface area contributed by atoms with Crippen LogP contribution in [0.15, 0.2) is 34.9 Å². The van der Waals surface area contributed by atoms with Crippen molar-refractivity contribution in [1.29, 1.82) is 0 Å². The fourth-order valence-electron chi connectivity index (χ4n) is 1.34. The van der Waals surface area contributed by atoms with Gasteiger partial charge >= 0.3 is 6.61 Å². The number of benzene rings is 1. The molecule has 1 aromatic carbocycles. The number of aromatic nitrogens is 2. The van der Waals surface area contributed by atoms with Crippen LogP contribution in [0.4, 0.5) is 26.2 Å². The molecule has 5 nitrogen and oxygen atoms in total. The molecule has 0 aliphatic rings. The van der Waals surface area contributed by atoms with Gasteiger partial charge < -0.3 is 15.8 Å². The molecule has 0 saturated carbocycles. The Labute approximate surface area is 115 Å². The molecule has 0 saturated heterocycles. The van der Waals surface area contributed by atoms with E-state index in [0.717, 1.165) is 0 Å². The Morgan fingerprint density at radius 1 is 1.21 bits per heavy atom. The van der Waals surface area contributed by atoms with E-state index in [1.807, 2.05) is 0 Å². The normalized spacial score (nSPS) is 10.5. The maximum Gasteiger partial charge on any atom is 0.387 e. The molecule has 2 rings (SSSR count). The summed E-state index contributed by atoms with van der Waals surface area (Å²) in [6.07, 6.45) is 0. The highest BCUT2D eigenvalue weighted by molar-refractivity contribution is 9.10. The Bertz CT molecular complexity index is 545. The fraction of sp³-hybridized carbons (Fsp3) is 0.0909. The number of ether oxygens (including phenoxy) is 1. The molecule has 19 heavy (non-hydrogen) atoms. The summed E-state index contributed by atoms with van der Waals surface area (Å²) in [5, 5.41) is 2.89. The summed E-state index contributed by atoms with van der Waals surface area (Å²) >= 11 is 3.19. The Kier molecular flexibility index (Phi) is 4.10. The number of halogens is 3. The number of nitrogens with zero attached hydrogens (tertiary/aromatic N) is 2. The maximum atomic E-state index is 12.0. The van der Waals surface area contributed by atoms with Gasteiger partial charge in [0.15, 0.2) is 0 Å². The predicted molar refractivity (Wildman–Crippen MR) is 70.5 cm³/mol. The number of nitrogens with one attached hydrogen (secondary N) is 1. The molecule has 0 aliphatic carbocycles. The van der Waals surface area contributed by atoms with Crippen LogP contribution >= 0.6 is 15.9 Å². The van der Waals surface area contributed by atoms with E-state index >= 15 is 0 Å². The number of rotatable bonds is 4. The molecule has 0 radical (unpaired) electrons. The first kappa shape index (κ1) is 13.5. The van der Waals surface area contributed by atoms with E-state index in [2.05, 4.69) is 36.0 Å². The highest BCUT2D eigenvalue weighted by atomic mass is 79.9. The van der Waals surface area contributed by atoms with Gasteiger partial charge in [0.05, 0.1) is 0 Å². The lowest BCUT2D eigenvalue weighted by molar-refractivity contribution is -0.0498. The van der Waals surface area contributed by atoms with Gasteiger partial charge in [-0.1, -0.05) is 0 Å². The molecule has 3 N–H and O–H groups in total. The number of nitrogens with two attached hydrogens (primary N) is 1. The van der Waals surface area contributed by atoms with Gasteiger partial charge in [0.2, 0.25) is 5.95 Å². The second-order valence-corrected chi connectivity index (χ2v) is 4.28. The Balaban J connectivity index is 2.10. The molecule has 0 amide bonds. The summed E-state index contributed by atoms with van der Waals surface area (Å²) < 4.78 is 28.7. The van der Waals surface area contributed by atoms with Crippen LogP contribution in [0.25, 0.3) is 0 Å². The Morgan fingerprint density at radius 3 is 2.47 bits per heavy atom. The van der Waals surface area contributed by atoms with Crippen LogP contribution in [0.5, 0.6) is 5.75 Å². The lowest BCUT2D eigenvalue weighted by atomic mass is 10.3.